The van der Waals surface area contributed by atoms with Crippen molar-refractivity contribution in [3.05, 3.63) is 35.4 Å². The van der Waals surface area contributed by atoms with Crippen molar-refractivity contribution in [2.24, 2.45) is 11.8 Å². The Kier molecular flexibility index (Phi) is 7.46. The summed E-state index contributed by atoms with van der Waals surface area (Å²) in [5.41, 5.74) is 2.65. The maximum Gasteiger partial charge on any atom is 0.225 e. The van der Waals surface area contributed by atoms with Gasteiger partial charge in [0, 0.05) is 38.5 Å². The van der Waals surface area contributed by atoms with Gasteiger partial charge in [0.05, 0.1) is 0 Å². The molecule has 2 aliphatic heterocycles. The molecule has 2 heterocycles. The first kappa shape index (κ1) is 21.4. The van der Waals surface area contributed by atoms with E-state index in [9.17, 15) is 9.59 Å². The van der Waals surface area contributed by atoms with E-state index in [0.717, 1.165) is 77.5 Å². The second kappa shape index (κ2) is 10.5. The second-order valence-electron chi connectivity index (χ2n) is 9.71. The summed E-state index contributed by atoms with van der Waals surface area (Å²) in [7, 11) is 0. The Balaban J connectivity index is 1.18. The standard InChI is InChI=1S/C26H38N2O2/c29-25(27-16-4-5-17-27)13-12-21-8-10-22(11-9-21)20-23-14-18-28(19-15-23)26(30)24-6-2-1-3-7-24/h8-11,23-24H,1-7,12-20H2. The Morgan fingerprint density at radius 1 is 0.733 bits per heavy atom. The first-order valence-corrected chi connectivity index (χ1v) is 12.3. The summed E-state index contributed by atoms with van der Waals surface area (Å²) >= 11 is 0. The average molecular weight is 411 g/mol. The van der Waals surface area contributed by atoms with Crippen molar-refractivity contribution in [3.63, 3.8) is 0 Å². The van der Waals surface area contributed by atoms with Crippen LogP contribution in [0.1, 0.15) is 75.3 Å². The van der Waals surface area contributed by atoms with Gasteiger partial charge in [-0.05, 0) is 68.4 Å². The van der Waals surface area contributed by atoms with Crippen LogP contribution in [-0.4, -0.2) is 47.8 Å². The van der Waals surface area contributed by atoms with E-state index in [1.807, 2.05) is 4.90 Å². The molecular weight excluding hydrogens is 372 g/mol. The predicted molar refractivity (Wildman–Crippen MR) is 120 cm³/mol. The van der Waals surface area contributed by atoms with Gasteiger partial charge < -0.3 is 9.80 Å². The van der Waals surface area contributed by atoms with Crippen molar-refractivity contribution in [1.82, 2.24) is 9.80 Å². The molecule has 1 saturated carbocycles. The number of piperidine rings is 1. The van der Waals surface area contributed by atoms with E-state index in [1.165, 1.54) is 30.4 Å². The predicted octanol–water partition coefficient (Wildman–Crippen LogP) is 4.60. The molecule has 1 aromatic carbocycles. The largest absolute Gasteiger partial charge is 0.343 e. The number of carbonyl (C=O) groups excluding carboxylic acids is 2. The Morgan fingerprint density at radius 2 is 1.37 bits per heavy atom. The number of hydrogen-bond acceptors (Lipinski definition) is 2. The molecule has 4 nitrogen and oxygen atoms in total. The molecule has 1 aliphatic carbocycles. The Morgan fingerprint density at radius 3 is 2.03 bits per heavy atom. The maximum atomic E-state index is 12.7. The minimum atomic E-state index is 0.306. The van der Waals surface area contributed by atoms with Crippen molar-refractivity contribution in [1.29, 1.82) is 0 Å². The maximum absolute atomic E-state index is 12.7. The molecule has 30 heavy (non-hydrogen) atoms. The minimum absolute atomic E-state index is 0.306. The van der Waals surface area contributed by atoms with Crippen LogP contribution in [0.2, 0.25) is 0 Å². The zero-order valence-corrected chi connectivity index (χ0v) is 18.5. The molecule has 0 spiro atoms. The van der Waals surface area contributed by atoms with Gasteiger partial charge in [0.25, 0.3) is 0 Å². The van der Waals surface area contributed by atoms with Gasteiger partial charge in [-0.3, -0.25) is 9.59 Å². The summed E-state index contributed by atoms with van der Waals surface area (Å²) in [5.74, 6) is 1.73. The van der Waals surface area contributed by atoms with Gasteiger partial charge in [-0.2, -0.15) is 0 Å². The number of carbonyl (C=O) groups is 2. The van der Waals surface area contributed by atoms with Crippen LogP contribution in [0.25, 0.3) is 0 Å². The van der Waals surface area contributed by atoms with Gasteiger partial charge in [0.15, 0.2) is 0 Å². The summed E-state index contributed by atoms with van der Waals surface area (Å²) in [4.78, 5) is 29.1. The molecule has 4 heteroatoms. The fourth-order valence-corrected chi connectivity index (χ4v) is 5.52. The van der Waals surface area contributed by atoms with Crippen LogP contribution in [-0.2, 0) is 22.4 Å². The van der Waals surface area contributed by atoms with Crippen LogP contribution in [0.4, 0.5) is 0 Å². The lowest BCUT2D eigenvalue weighted by Gasteiger charge is -2.35. The molecule has 3 aliphatic rings. The van der Waals surface area contributed by atoms with Crippen LogP contribution in [0, 0.1) is 11.8 Å². The van der Waals surface area contributed by atoms with E-state index in [1.54, 1.807) is 0 Å². The van der Waals surface area contributed by atoms with Crippen LogP contribution in [0.15, 0.2) is 24.3 Å². The summed E-state index contributed by atoms with van der Waals surface area (Å²) in [6, 6.07) is 8.90. The number of nitrogens with zero attached hydrogens (tertiary/aromatic N) is 2. The van der Waals surface area contributed by atoms with E-state index >= 15 is 0 Å². The highest BCUT2D eigenvalue weighted by molar-refractivity contribution is 5.79. The summed E-state index contributed by atoms with van der Waals surface area (Å²) in [6.07, 6.45) is 13.1. The number of benzene rings is 1. The van der Waals surface area contributed by atoms with Gasteiger partial charge in [-0.15, -0.1) is 0 Å². The zero-order valence-electron chi connectivity index (χ0n) is 18.5. The molecule has 0 atom stereocenters. The quantitative estimate of drug-likeness (QED) is 0.687. The molecule has 4 rings (SSSR count). The molecule has 3 fully saturated rings. The molecular formula is C26H38N2O2. The minimum Gasteiger partial charge on any atom is -0.343 e. The van der Waals surface area contributed by atoms with Crippen molar-refractivity contribution < 1.29 is 9.59 Å². The molecule has 0 N–H and O–H groups in total. The fraction of sp³-hybridized carbons (Fsp3) is 0.692. The first-order chi connectivity index (χ1) is 14.7. The molecule has 0 aromatic heterocycles. The molecule has 164 valence electrons. The smallest absolute Gasteiger partial charge is 0.225 e. The van der Waals surface area contributed by atoms with Crippen LogP contribution in [0.5, 0.6) is 0 Å². The van der Waals surface area contributed by atoms with Gasteiger partial charge in [-0.25, -0.2) is 0 Å². The number of aryl methyl sites for hydroxylation is 1. The van der Waals surface area contributed by atoms with Crippen molar-refractivity contribution in [3.8, 4) is 0 Å². The average Bonchev–Trinajstić information content (AvgIpc) is 3.34. The lowest BCUT2D eigenvalue weighted by atomic mass is 9.86. The lowest BCUT2D eigenvalue weighted by molar-refractivity contribution is -0.138. The van der Waals surface area contributed by atoms with Gasteiger partial charge in [0.1, 0.15) is 0 Å². The highest BCUT2D eigenvalue weighted by atomic mass is 16.2. The number of rotatable bonds is 6. The Hall–Kier alpha value is -1.84. The highest BCUT2D eigenvalue weighted by Crippen LogP contribution is 2.28. The van der Waals surface area contributed by atoms with Crippen molar-refractivity contribution in [2.75, 3.05) is 26.2 Å². The molecule has 2 saturated heterocycles. The molecule has 0 unspecified atom stereocenters. The van der Waals surface area contributed by atoms with Crippen LogP contribution >= 0.6 is 0 Å². The number of amides is 2. The SMILES string of the molecule is O=C(CCc1ccc(CC2CCN(C(=O)C3CCCCC3)CC2)cc1)N1CCCC1. The third-order valence-corrected chi connectivity index (χ3v) is 7.51. The van der Waals surface area contributed by atoms with Gasteiger partial charge in [0.2, 0.25) is 11.8 Å². The van der Waals surface area contributed by atoms with E-state index in [0.29, 0.717) is 30.1 Å². The number of hydrogen-bond donors (Lipinski definition) is 0. The number of likely N-dealkylation sites (tertiary alicyclic amines) is 2. The summed E-state index contributed by atoms with van der Waals surface area (Å²) in [6.45, 7) is 3.78. The summed E-state index contributed by atoms with van der Waals surface area (Å²) in [5, 5.41) is 0. The van der Waals surface area contributed by atoms with Crippen molar-refractivity contribution in [2.45, 2.75) is 77.0 Å². The topological polar surface area (TPSA) is 40.6 Å². The van der Waals surface area contributed by atoms with E-state index in [-0.39, 0.29) is 0 Å². The fourth-order valence-electron chi connectivity index (χ4n) is 5.52. The van der Waals surface area contributed by atoms with E-state index in [4.69, 9.17) is 0 Å². The monoisotopic (exact) mass is 410 g/mol. The third kappa shape index (κ3) is 5.65. The first-order valence-electron chi connectivity index (χ1n) is 12.3. The Labute approximate surface area is 182 Å². The normalized spacial score (nSPS) is 21.2. The highest BCUT2D eigenvalue weighted by Gasteiger charge is 2.29. The summed E-state index contributed by atoms with van der Waals surface area (Å²) < 4.78 is 0. The van der Waals surface area contributed by atoms with Crippen molar-refractivity contribution >= 4 is 11.8 Å². The van der Waals surface area contributed by atoms with Gasteiger partial charge in [-0.1, -0.05) is 43.5 Å². The van der Waals surface area contributed by atoms with E-state index in [2.05, 4.69) is 29.2 Å². The molecule has 0 bridgehead atoms. The second-order valence-corrected chi connectivity index (χ2v) is 9.71. The van der Waals surface area contributed by atoms with Gasteiger partial charge >= 0.3 is 0 Å². The Bertz CT molecular complexity index is 694. The third-order valence-electron chi connectivity index (χ3n) is 7.51. The molecule has 1 aromatic rings. The zero-order chi connectivity index (χ0) is 20.8. The molecule has 0 radical (unpaired) electrons. The molecule has 2 amide bonds. The lowest BCUT2D eigenvalue weighted by Crippen LogP contribution is -2.42. The van der Waals surface area contributed by atoms with Crippen LogP contribution in [0.3, 0.4) is 0 Å². The van der Waals surface area contributed by atoms with E-state index < -0.39 is 0 Å². The van der Waals surface area contributed by atoms with Crippen LogP contribution < -0.4 is 0 Å².